The first-order valence-electron chi connectivity index (χ1n) is 7.76. The van der Waals surface area contributed by atoms with Gasteiger partial charge in [0.05, 0.1) is 6.42 Å². The van der Waals surface area contributed by atoms with E-state index in [0.29, 0.717) is 25.0 Å². The number of hydrogen-bond donors (Lipinski definition) is 2. The highest BCUT2D eigenvalue weighted by Crippen LogP contribution is 2.18. The number of alkyl halides is 3. The number of nitrogens with zero attached hydrogens (tertiary/aromatic N) is 2. The second kappa shape index (κ2) is 9.12. The van der Waals surface area contributed by atoms with Gasteiger partial charge in [-0.3, -0.25) is 4.99 Å². The first kappa shape index (κ1) is 18.1. The quantitative estimate of drug-likeness (QED) is 0.560. The minimum absolute atomic E-state index is 0.137. The van der Waals surface area contributed by atoms with Gasteiger partial charge in [0.1, 0.15) is 0 Å². The molecule has 1 aliphatic heterocycles. The topological polar surface area (TPSA) is 39.7 Å². The minimum Gasteiger partial charge on any atom is -0.357 e. The Morgan fingerprint density at radius 2 is 2.05 bits per heavy atom. The highest BCUT2D eigenvalue weighted by molar-refractivity contribution is 5.79. The maximum Gasteiger partial charge on any atom is 0.390 e. The number of nitrogens with one attached hydrogen (secondary N) is 2. The summed E-state index contributed by atoms with van der Waals surface area (Å²) >= 11 is 0. The van der Waals surface area contributed by atoms with Crippen molar-refractivity contribution in [3.63, 3.8) is 0 Å². The van der Waals surface area contributed by atoms with Crippen molar-refractivity contribution >= 4 is 5.96 Å². The SMILES string of the molecule is CCCN1CCC(CN=C(NCC)NCCC(F)(F)F)C1. The second-order valence-corrected chi connectivity index (χ2v) is 5.47. The van der Waals surface area contributed by atoms with Crippen molar-refractivity contribution in [2.75, 3.05) is 39.3 Å². The average molecular weight is 308 g/mol. The van der Waals surface area contributed by atoms with Gasteiger partial charge < -0.3 is 15.5 Å². The molecule has 0 aromatic heterocycles. The van der Waals surface area contributed by atoms with Gasteiger partial charge in [0, 0.05) is 26.2 Å². The van der Waals surface area contributed by atoms with Crippen molar-refractivity contribution in [1.82, 2.24) is 15.5 Å². The van der Waals surface area contributed by atoms with Crippen molar-refractivity contribution in [3.05, 3.63) is 0 Å². The lowest BCUT2D eigenvalue weighted by Crippen LogP contribution is -2.39. The first-order chi connectivity index (χ1) is 9.94. The normalized spacial score (nSPS) is 20.8. The van der Waals surface area contributed by atoms with Gasteiger partial charge in [-0.25, -0.2) is 0 Å². The monoisotopic (exact) mass is 308 g/mol. The molecule has 124 valence electrons. The molecule has 2 N–H and O–H groups in total. The van der Waals surface area contributed by atoms with E-state index in [1.807, 2.05) is 6.92 Å². The van der Waals surface area contributed by atoms with Crippen LogP contribution in [0.25, 0.3) is 0 Å². The summed E-state index contributed by atoms with van der Waals surface area (Å²) in [6.45, 7) is 8.50. The summed E-state index contributed by atoms with van der Waals surface area (Å²) in [6, 6.07) is 0. The minimum atomic E-state index is -4.13. The van der Waals surface area contributed by atoms with Crippen LogP contribution in [0.3, 0.4) is 0 Å². The Kier molecular flexibility index (Phi) is 7.85. The summed E-state index contributed by atoms with van der Waals surface area (Å²) in [7, 11) is 0. The van der Waals surface area contributed by atoms with Gasteiger partial charge in [0.25, 0.3) is 0 Å². The zero-order valence-electron chi connectivity index (χ0n) is 13.0. The number of rotatable bonds is 7. The van der Waals surface area contributed by atoms with Crippen LogP contribution in [0.1, 0.15) is 33.1 Å². The smallest absolute Gasteiger partial charge is 0.357 e. The second-order valence-electron chi connectivity index (χ2n) is 5.47. The molecule has 1 unspecified atom stereocenters. The zero-order chi connectivity index (χ0) is 15.7. The van der Waals surface area contributed by atoms with Crippen LogP contribution in [0.2, 0.25) is 0 Å². The highest BCUT2D eigenvalue weighted by Gasteiger charge is 2.26. The van der Waals surface area contributed by atoms with E-state index < -0.39 is 12.6 Å². The van der Waals surface area contributed by atoms with Gasteiger partial charge >= 0.3 is 6.18 Å². The van der Waals surface area contributed by atoms with Crippen molar-refractivity contribution < 1.29 is 13.2 Å². The molecule has 0 aromatic carbocycles. The molecule has 1 heterocycles. The summed E-state index contributed by atoms with van der Waals surface area (Å²) < 4.78 is 36.4. The van der Waals surface area contributed by atoms with Gasteiger partial charge in [0.2, 0.25) is 0 Å². The molecule has 0 saturated carbocycles. The maximum absolute atomic E-state index is 12.1. The van der Waals surface area contributed by atoms with Crippen molar-refractivity contribution in [1.29, 1.82) is 0 Å². The molecule has 21 heavy (non-hydrogen) atoms. The Hall–Kier alpha value is -0.980. The van der Waals surface area contributed by atoms with Crippen LogP contribution < -0.4 is 10.6 Å². The van der Waals surface area contributed by atoms with E-state index in [4.69, 9.17) is 0 Å². The fraction of sp³-hybridized carbons (Fsp3) is 0.929. The third-order valence-electron chi connectivity index (χ3n) is 3.46. The molecule has 1 fully saturated rings. The van der Waals surface area contributed by atoms with Crippen LogP contribution in [0.15, 0.2) is 4.99 Å². The average Bonchev–Trinajstić information content (AvgIpc) is 2.83. The van der Waals surface area contributed by atoms with Crippen LogP contribution in [0, 0.1) is 5.92 Å². The number of guanidine groups is 1. The largest absolute Gasteiger partial charge is 0.390 e. The molecule has 1 atom stereocenters. The molecule has 0 aromatic rings. The van der Waals surface area contributed by atoms with Crippen LogP contribution in [0.5, 0.6) is 0 Å². The van der Waals surface area contributed by atoms with E-state index in [-0.39, 0.29) is 6.54 Å². The molecule has 0 radical (unpaired) electrons. The molecule has 0 bridgehead atoms. The van der Waals surface area contributed by atoms with Crippen LogP contribution >= 0.6 is 0 Å². The molecule has 0 amide bonds. The molecular weight excluding hydrogens is 281 g/mol. The van der Waals surface area contributed by atoms with Gasteiger partial charge in [-0.05, 0) is 38.8 Å². The Labute approximate surface area is 125 Å². The maximum atomic E-state index is 12.1. The Balaban J connectivity index is 2.34. The van der Waals surface area contributed by atoms with Gasteiger partial charge in [-0.2, -0.15) is 13.2 Å². The highest BCUT2D eigenvalue weighted by atomic mass is 19.4. The number of likely N-dealkylation sites (tertiary alicyclic amines) is 1. The van der Waals surface area contributed by atoms with E-state index in [9.17, 15) is 13.2 Å². The van der Waals surface area contributed by atoms with E-state index in [0.717, 1.165) is 32.5 Å². The molecular formula is C14H27F3N4. The van der Waals surface area contributed by atoms with E-state index >= 15 is 0 Å². The summed E-state index contributed by atoms with van der Waals surface area (Å²) in [4.78, 5) is 6.83. The van der Waals surface area contributed by atoms with Gasteiger partial charge in [-0.1, -0.05) is 6.92 Å². The lowest BCUT2D eigenvalue weighted by atomic mass is 10.1. The van der Waals surface area contributed by atoms with Crippen molar-refractivity contribution in [3.8, 4) is 0 Å². The Morgan fingerprint density at radius 3 is 2.67 bits per heavy atom. The molecule has 0 spiro atoms. The summed E-state index contributed by atoms with van der Waals surface area (Å²) in [5, 5.41) is 5.73. The lowest BCUT2D eigenvalue weighted by Gasteiger charge is -2.15. The number of hydrogen-bond acceptors (Lipinski definition) is 2. The summed E-state index contributed by atoms with van der Waals surface area (Å²) in [5.41, 5.74) is 0. The van der Waals surface area contributed by atoms with E-state index in [1.165, 1.54) is 0 Å². The Bertz CT molecular complexity index is 318. The molecule has 1 aliphatic rings. The van der Waals surface area contributed by atoms with Crippen molar-refractivity contribution in [2.45, 2.75) is 39.3 Å². The fourth-order valence-corrected chi connectivity index (χ4v) is 2.47. The van der Waals surface area contributed by atoms with Crippen molar-refractivity contribution in [2.24, 2.45) is 10.9 Å². The predicted octanol–water partition coefficient (Wildman–Crippen LogP) is 2.23. The number of aliphatic imine (C=N–C) groups is 1. The molecule has 0 aliphatic carbocycles. The first-order valence-corrected chi connectivity index (χ1v) is 7.76. The third-order valence-corrected chi connectivity index (χ3v) is 3.46. The zero-order valence-corrected chi connectivity index (χ0v) is 13.0. The number of halogens is 3. The third kappa shape index (κ3) is 8.14. The summed E-state index contributed by atoms with van der Waals surface area (Å²) in [5.74, 6) is 0.991. The Morgan fingerprint density at radius 1 is 1.29 bits per heavy atom. The summed E-state index contributed by atoms with van der Waals surface area (Å²) in [6.07, 6.45) is -2.70. The van der Waals surface area contributed by atoms with Crippen LogP contribution in [-0.4, -0.2) is 56.3 Å². The van der Waals surface area contributed by atoms with Gasteiger partial charge in [0.15, 0.2) is 5.96 Å². The van der Waals surface area contributed by atoms with E-state index in [1.54, 1.807) is 0 Å². The molecule has 1 saturated heterocycles. The predicted molar refractivity (Wildman–Crippen MR) is 79.5 cm³/mol. The lowest BCUT2D eigenvalue weighted by molar-refractivity contribution is -0.132. The fourth-order valence-electron chi connectivity index (χ4n) is 2.47. The molecule has 4 nitrogen and oxygen atoms in total. The van der Waals surface area contributed by atoms with Gasteiger partial charge in [-0.15, -0.1) is 0 Å². The van der Waals surface area contributed by atoms with E-state index in [2.05, 4.69) is 27.4 Å². The van der Waals surface area contributed by atoms with Crippen LogP contribution in [0.4, 0.5) is 13.2 Å². The molecule has 7 heteroatoms. The molecule has 1 rings (SSSR count). The standard InChI is InChI=1S/C14H27F3N4/c1-3-8-21-9-5-12(11-21)10-20-13(18-4-2)19-7-6-14(15,16)17/h12H,3-11H2,1-2H3,(H2,18,19,20). The van der Waals surface area contributed by atoms with Crippen LogP contribution in [-0.2, 0) is 0 Å².